The molecule has 16 heavy (non-hydrogen) atoms. The molecule has 0 unspecified atom stereocenters. The lowest BCUT2D eigenvalue weighted by molar-refractivity contribution is -0.137. The second kappa shape index (κ2) is 4.68. The molecule has 1 rings (SSSR count). The second-order valence-corrected chi connectivity index (χ2v) is 6.39. The predicted octanol–water partition coefficient (Wildman–Crippen LogP) is 3.53. The first-order chi connectivity index (χ1) is 7.26. The molecule has 0 radical (unpaired) electrons. The summed E-state index contributed by atoms with van der Waals surface area (Å²) < 4.78 is 0. The summed E-state index contributed by atoms with van der Waals surface area (Å²) in [5, 5.41) is 0. The Kier molecular flexibility index (Phi) is 3.92. The molecule has 0 aromatic heterocycles. The summed E-state index contributed by atoms with van der Waals surface area (Å²) in [6.07, 6.45) is 5.54. The molecule has 1 aliphatic carbocycles. The van der Waals surface area contributed by atoms with Crippen molar-refractivity contribution in [2.75, 3.05) is 0 Å². The van der Waals surface area contributed by atoms with Crippen LogP contribution in [0.1, 0.15) is 66.2 Å². The Bertz CT molecular complexity index is 278. The van der Waals surface area contributed by atoms with E-state index in [0.29, 0.717) is 0 Å². The molecule has 1 saturated carbocycles. The molecule has 0 aromatic rings. The first-order valence-electron chi connectivity index (χ1n) is 6.32. The maximum atomic E-state index is 12.2. The van der Waals surface area contributed by atoms with E-state index in [1.54, 1.807) is 0 Å². The van der Waals surface area contributed by atoms with E-state index in [2.05, 4.69) is 0 Å². The normalized spacial score (nSPS) is 20.5. The second-order valence-electron chi connectivity index (χ2n) is 6.39. The van der Waals surface area contributed by atoms with Crippen LogP contribution in [0.5, 0.6) is 0 Å². The number of hydrogen-bond acceptors (Lipinski definition) is 2. The van der Waals surface area contributed by atoms with Crippen LogP contribution in [-0.2, 0) is 9.59 Å². The molecular formula is C14H24O2. The summed E-state index contributed by atoms with van der Waals surface area (Å²) in [5.41, 5.74) is -0.611. The van der Waals surface area contributed by atoms with Crippen molar-refractivity contribution in [3.8, 4) is 0 Å². The van der Waals surface area contributed by atoms with Gasteiger partial charge in [0.05, 0.1) is 6.42 Å². The minimum atomic E-state index is -0.388. The van der Waals surface area contributed by atoms with E-state index in [-0.39, 0.29) is 28.8 Å². The van der Waals surface area contributed by atoms with Crippen molar-refractivity contribution in [1.82, 2.24) is 0 Å². The predicted molar refractivity (Wildman–Crippen MR) is 65.3 cm³/mol. The highest BCUT2D eigenvalue weighted by Crippen LogP contribution is 2.38. The SMILES string of the molecule is CC(C)(C)C(=O)CC(=O)C1(C)CCCCC1. The first kappa shape index (κ1) is 13.4. The molecule has 0 saturated heterocycles. The fraction of sp³-hybridized carbons (Fsp3) is 0.857. The van der Waals surface area contributed by atoms with Crippen LogP contribution in [0.3, 0.4) is 0 Å². The van der Waals surface area contributed by atoms with Gasteiger partial charge in [0.2, 0.25) is 0 Å². The minimum absolute atomic E-state index is 0.0734. The van der Waals surface area contributed by atoms with E-state index in [4.69, 9.17) is 0 Å². The molecular weight excluding hydrogens is 200 g/mol. The fourth-order valence-corrected chi connectivity index (χ4v) is 2.24. The third kappa shape index (κ3) is 3.16. The van der Waals surface area contributed by atoms with Gasteiger partial charge in [-0.15, -0.1) is 0 Å². The summed E-state index contributed by atoms with van der Waals surface area (Å²) >= 11 is 0. The molecule has 0 heterocycles. The van der Waals surface area contributed by atoms with Gasteiger partial charge in [-0.3, -0.25) is 9.59 Å². The van der Waals surface area contributed by atoms with Crippen LogP contribution in [0, 0.1) is 10.8 Å². The molecule has 1 fully saturated rings. The van der Waals surface area contributed by atoms with E-state index in [0.717, 1.165) is 25.7 Å². The van der Waals surface area contributed by atoms with Gasteiger partial charge in [0.1, 0.15) is 11.6 Å². The standard InChI is InChI=1S/C14H24O2/c1-13(2,3)11(15)10-12(16)14(4)8-6-5-7-9-14/h5-10H2,1-4H3. The highest BCUT2D eigenvalue weighted by Gasteiger charge is 2.36. The van der Waals surface area contributed by atoms with Gasteiger partial charge in [0, 0.05) is 10.8 Å². The molecule has 0 N–H and O–H groups in total. The Morgan fingerprint density at radius 2 is 1.56 bits per heavy atom. The summed E-state index contributed by atoms with van der Waals surface area (Å²) in [5.74, 6) is 0.233. The van der Waals surface area contributed by atoms with Gasteiger partial charge in [-0.2, -0.15) is 0 Å². The van der Waals surface area contributed by atoms with E-state index in [1.807, 2.05) is 27.7 Å². The molecule has 1 aliphatic rings. The molecule has 2 heteroatoms. The smallest absolute Gasteiger partial charge is 0.146 e. The molecule has 92 valence electrons. The van der Waals surface area contributed by atoms with Crippen molar-refractivity contribution >= 4 is 11.6 Å². The minimum Gasteiger partial charge on any atom is -0.299 e. The number of carbonyl (C=O) groups excluding carboxylic acids is 2. The third-order valence-electron chi connectivity index (χ3n) is 3.79. The molecule has 0 aromatic carbocycles. The number of rotatable bonds is 3. The summed E-state index contributed by atoms with van der Waals surface area (Å²) in [7, 11) is 0. The highest BCUT2D eigenvalue weighted by atomic mass is 16.1. The molecule has 2 nitrogen and oxygen atoms in total. The van der Waals surface area contributed by atoms with Crippen molar-refractivity contribution in [2.45, 2.75) is 66.2 Å². The summed E-state index contributed by atoms with van der Waals surface area (Å²) in [4.78, 5) is 24.0. The average Bonchev–Trinajstić information content (AvgIpc) is 2.17. The Balaban J connectivity index is 2.61. The maximum Gasteiger partial charge on any atom is 0.146 e. The zero-order valence-corrected chi connectivity index (χ0v) is 11.1. The van der Waals surface area contributed by atoms with E-state index >= 15 is 0 Å². The Morgan fingerprint density at radius 3 is 2.00 bits per heavy atom. The van der Waals surface area contributed by atoms with Crippen LogP contribution in [-0.4, -0.2) is 11.6 Å². The van der Waals surface area contributed by atoms with Crippen LogP contribution in [0.25, 0.3) is 0 Å². The highest BCUT2D eigenvalue weighted by molar-refractivity contribution is 6.03. The third-order valence-corrected chi connectivity index (χ3v) is 3.79. The maximum absolute atomic E-state index is 12.2. The van der Waals surface area contributed by atoms with Crippen LogP contribution < -0.4 is 0 Å². The van der Waals surface area contributed by atoms with Gasteiger partial charge in [-0.1, -0.05) is 47.0 Å². The van der Waals surface area contributed by atoms with Crippen molar-refractivity contribution < 1.29 is 9.59 Å². The van der Waals surface area contributed by atoms with Gasteiger partial charge in [0.25, 0.3) is 0 Å². The molecule has 0 spiro atoms. The zero-order valence-electron chi connectivity index (χ0n) is 11.1. The van der Waals surface area contributed by atoms with Gasteiger partial charge in [0.15, 0.2) is 0 Å². The lowest BCUT2D eigenvalue weighted by Gasteiger charge is -2.32. The van der Waals surface area contributed by atoms with Gasteiger partial charge < -0.3 is 0 Å². The molecule has 0 aliphatic heterocycles. The van der Waals surface area contributed by atoms with Crippen molar-refractivity contribution in [3.63, 3.8) is 0 Å². The van der Waals surface area contributed by atoms with Gasteiger partial charge in [-0.05, 0) is 12.8 Å². The van der Waals surface area contributed by atoms with Crippen molar-refractivity contribution in [1.29, 1.82) is 0 Å². The largest absolute Gasteiger partial charge is 0.299 e. The number of hydrogen-bond donors (Lipinski definition) is 0. The Hall–Kier alpha value is -0.660. The van der Waals surface area contributed by atoms with Crippen molar-refractivity contribution in [2.24, 2.45) is 10.8 Å². The lowest BCUT2D eigenvalue weighted by atomic mass is 9.70. The first-order valence-corrected chi connectivity index (χ1v) is 6.32. The van der Waals surface area contributed by atoms with E-state index in [9.17, 15) is 9.59 Å². The number of ketones is 2. The number of carbonyl (C=O) groups is 2. The zero-order chi connectivity index (χ0) is 12.4. The summed E-state index contributed by atoms with van der Waals surface area (Å²) in [6, 6.07) is 0. The van der Waals surface area contributed by atoms with Gasteiger partial charge >= 0.3 is 0 Å². The molecule has 0 bridgehead atoms. The summed E-state index contributed by atoms with van der Waals surface area (Å²) in [6.45, 7) is 7.67. The lowest BCUT2D eigenvalue weighted by Crippen LogP contribution is -2.34. The van der Waals surface area contributed by atoms with Crippen molar-refractivity contribution in [3.05, 3.63) is 0 Å². The van der Waals surface area contributed by atoms with Crippen LogP contribution in [0.15, 0.2) is 0 Å². The van der Waals surface area contributed by atoms with E-state index < -0.39 is 0 Å². The van der Waals surface area contributed by atoms with Gasteiger partial charge in [-0.25, -0.2) is 0 Å². The topological polar surface area (TPSA) is 34.1 Å². The van der Waals surface area contributed by atoms with Crippen LogP contribution in [0.4, 0.5) is 0 Å². The fourth-order valence-electron chi connectivity index (χ4n) is 2.24. The molecule has 0 atom stereocenters. The molecule has 0 amide bonds. The Labute approximate surface area is 98.8 Å². The Morgan fingerprint density at radius 1 is 1.06 bits per heavy atom. The number of Topliss-reactive ketones (excluding diaryl/α,β-unsaturated/α-hetero) is 2. The average molecular weight is 224 g/mol. The van der Waals surface area contributed by atoms with Crippen LogP contribution in [0.2, 0.25) is 0 Å². The quantitative estimate of drug-likeness (QED) is 0.687. The van der Waals surface area contributed by atoms with Crippen LogP contribution >= 0.6 is 0 Å². The van der Waals surface area contributed by atoms with E-state index in [1.165, 1.54) is 6.42 Å². The monoisotopic (exact) mass is 224 g/mol.